The van der Waals surface area contributed by atoms with Crippen LogP contribution in [0.1, 0.15) is 44.1 Å². The lowest BCUT2D eigenvalue weighted by atomic mass is 9.83. The third-order valence-corrected chi connectivity index (χ3v) is 4.45. The van der Waals surface area contributed by atoms with Crippen LogP contribution in [0.2, 0.25) is 0 Å². The smallest absolute Gasteiger partial charge is 0.228 e. The standard InChI is InChI=1S/C17H26N2O.ClH/c1-13-7-9-14(10-8-13)12-19-17(20)16(11-18)15-5-3-2-4-6-15;/h2-6,13-14,16H,7-12,18H2,1H3,(H,19,20);1H. The number of carbonyl (C=O) groups is 1. The lowest BCUT2D eigenvalue weighted by molar-refractivity contribution is -0.122. The van der Waals surface area contributed by atoms with E-state index in [0.717, 1.165) is 18.0 Å². The molecule has 0 spiro atoms. The van der Waals surface area contributed by atoms with E-state index in [0.29, 0.717) is 12.5 Å². The average molecular weight is 311 g/mol. The molecule has 1 unspecified atom stereocenters. The van der Waals surface area contributed by atoms with E-state index in [-0.39, 0.29) is 24.2 Å². The Labute approximate surface area is 134 Å². The van der Waals surface area contributed by atoms with Gasteiger partial charge in [0.15, 0.2) is 0 Å². The van der Waals surface area contributed by atoms with Gasteiger partial charge in [-0.1, -0.05) is 50.1 Å². The van der Waals surface area contributed by atoms with Gasteiger partial charge in [-0.3, -0.25) is 4.79 Å². The molecule has 0 saturated heterocycles. The number of amides is 1. The van der Waals surface area contributed by atoms with Gasteiger partial charge in [0.05, 0.1) is 5.92 Å². The second-order valence-corrected chi connectivity index (χ2v) is 6.07. The van der Waals surface area contributed by atoms with Crippen molar-refractivity contribution in [3.05, 3.63) is 35.9 Å². The molecule has 3 N–H and O–H groups in total. The Morgan fingerprint density at radius 3 is 2.43 bits per heavy atom. The predicted molar refractivity (Wildman–Crippen MR) is 89.6 cm³/mol. The fraction of sp³-hybridized carbons (Fsp3) is 0.588. The third kappa shape index (κ3) is 5.33. The van der Waals surface area contributed by atoms with E-state index in [4.69, 9.17) is 5.73 Å². The van der Waals surface area contributed by atoms with Crippen molar-refractivity contribution in [3.63, 3.8) is 0 Å². The van der Waals surface area contributed by atoms with E-state index in [1.165, 1.54) is 25.7 Å². The maximum absolute atomic E-state index is 12.3. The van der Waals surface area contributed by atoms with Crippen molar-refractivity contribution in [2.24, 2.45) is 17.6 Å². The second-order valence-electron chi connectivity index (χ2n) is 6.07. The van der Waals surface area contributed by atoms with Crippen LogP contribution in [0.25, 0.3) is 0 Å². The summed E-state index contributed by atoms with van der Waals surface area (Å²) in [6, 6.07) is 9.80. The number of halogens is 1. The number of nitrogens with one attached hydrogen (secondary N) is 1. The van der Waals surface area contributed by atoms with Gasteiger partial charge in [-0.15, -0.1) is 12.4 Å². The van der Waals surface area contributed by atoms with Gasteiger partial charge in [0, 0.05) is 13.1 Å². The first-order chi connectivity index (χ1) is 9.70. The van der Waals surface area contributed by atoms with E-state index in [2.05, 4.69) is 12.2 Å². The Kier molecular flexibility index (Phi) is 7.76. The summed E-state index contributed by atoms with van der Waals surface area (Å²) in [4.78, 5) is 12.3. The molecule has 0 radical (unpaired) electrons. The van der Waals surface area contributed by atoms with E-state index >= 15 is 0 Å². The van der Waals surface area contributed by atoms with Gasteiger partial charge in [0.2, 0.25) is 5.91 Å². The lowest BCUT2D eigenvalue weighted by Gasteiger charge is -2.27. The summed E-state index contributed by atoms with van der Waals surface area (Å²) < 4.78 is 0. The molecule has 1 aliphatic carbocycles. The molecule has 21 heavy (non-hydrogen) atoms. The van der Waals surface area contributed by atoms with Crippen molar-refractivity contribution in [1.82, 2.24) is 5.32 Å². The van der Waals surface area contributed by atoms with Gasteiger partial charge < -0.3 is 11.1 Å². The first kappa shape index (κ1) is 18.0. The van der Waals surface area contributed by atoms with Crippen LogP contribution in [0.15, 0.2) is 30.3 Å². The number of hydrogen-bond acceptors (Lipinski definition) is 2. The molecule has 1 aromatic carbocycles. The predicted octanol–water partition coefficient (Wildman–Crippen LogP) is 3.09. The number of carbonyl (C=O) groups excluding carboxylic acids is 1. The molecule has 4 heteroatoms. The SMILES string of the molecule is CC1CCC(CNC(=O)C(CN)c2ccccc2)CC1.Cl. The van der Waals surface area contributed by atoms with Crippen molar-refractivity contribution < 1.29 is 4.79 Å². The molecular weight excluding hydrogens is 284 g/mol. The van der Waals surface area contributed by atoms with Gasteiger partial charge in [0.25, 0.3) is 0 Å². The minimum Gasteiger partial charge on any atom is -0.355 e. The molecule has 118 valence electrons. The summed E-state index contributed by atoms with van der Waals surface area (Å²) in [6.45, 7) is 3.47. The van der Waals surface area contributed by atoms with Crippen LogP contribution < -0.4 is 11.1 Å². The summed E-state index contributed by atoms with van der Waals surface area (Å²) >= 11 is 0. The minimum absolute atomic E-state index is 0. The lowest BCUT2D eigenvalue weighted by Crippen LogP contribution is -2.37. The summed E-state index contributed by atoms with van der Waals surface area (Å²) in [5.74, 6) is 1.34. The van der Waals surface area contributed by atoms with E-state index in [1.807, 2.05) is 30.3 Å². The molecule has 1 atom stereocenters. The highest BCUT2D eigenvalue weighted by Crippen LogP contribution is 2.27. The molecule has 3 nitrogen and oxygen atoms in total. The fourth-order valence-electron chi connectivity index (χ4n) is 2.98. The van der Waals surface area contributed by atoms with Crippen molar-refractivity contribution in [1.29, 1.82) is 0 Å². The van der Waals surface area contributed by atoms with Crippen molar-refractivity contribution in [3.8, 4) is 0 Å². The largest absolute Gasteiger partial charge is 0.355 e. The van der Waals surface area contributed by atoms with Crippen LogP contribution in [-0.4, -0.2) is 19.0 Å². The second kappa shape index (κ2) is 9.06. The van der Waals surface area contributed by atoms with Gasteiger partial charge in [0.1, 0.15) is 0 Å². The zero-order valence-corrected chi connectivity index (χ0v) is 13.6. The van der Waals surface area contributed by atoms with Crippen molar-refractivity contribution in [2.75, 3.05) is 13.1 Å². The molecule has 0 bridgehead atoms. The number of nitrogens with two attached hydrogens (primary N) is 1. The average Bonchev–Trinajstić information content (AvgIpc) is 2.48. The minimum atomic E-state index is -0.223. The Morgan fingerprint density at radius 2 is 1.86 bits per heavy atom. The number of rotatable bonds is 5. The number of benzene rings is 1. The molecule has 1 aromatic rings. The molecule has 0 aromatic heterocycles. The van der Waals surface area contributed by atoms with E-state index < -0.39 is 0 Å². The molecular formula is C17H27ClN2O. The van der Waals surface area contributed by atoms with Gasteiger partial charge in [-0.2, -0.15) is 0 Å². The highest BCUT2D eigenvalue weighted by molar-refractivity contribution is 5.85. The molecule has 1 amide bonds. The van der Waals surface area contributed by atoms with E-state index in [9.17, 15) is 4.79 Å². The summed E-state index contributed by atoms with van der Waals surface area (Å²) in [5, 5.41) is 3.10. The zero-order chi connectivity index (χ0) is 14.4. The molecule has 0 aliphatic heterocycles. The summed E-state index contributed by atoms with van der Waals surface area (Å²) in [5.41, 5.74) is 6.78. The highest BCUT2D eigenvalue weighted by atomic mass is 35.5. The van der Waals surface area contributed by atoms with Crippen LogP contribution >= 0.6 is 12.4 Å². The third-order valence-electron chi connectivity index (χ3n) is 4.45. The van der Waals surface area contributed by atoms with E-state index in [1.54, 1.807) is 0 Å². The number of hydrogen-bond donors (Lipinski definition) is 2. The van der Waals surface area contributed by atoms with Gasteiger partial charge in [-0.25, -0.2) is 0 Å². The maximum atomic E-state index is 12.3. The molecule has 1 fully saturated rings. The van der Waals surface area contributed by atoms with Gasteiger partial charge >= 0.3 is 0 Å². The van der Waals surface area contributed by atoms with Crippen LogP contribution in [0.4, 0.5) is 0 Å². The fourth-order valence-corrected chi connectivity index (χ4v) is 2.98. The Morgan fingerprint density at radius 1 is 1.24 bits per heavy atom. The van der Waals surface area contributed by atoms with Crippen LogP contribution in [-0.2, 0) is 4.79 Å². The Hall–Kier alpha value is -1.06. The highest BCUT2D eigenvalue weighted by Gasteiger charge is 2.22. The molecule has 1 saturated carbocycles. The Balaban J connectivity index is 0.00000220. The summed E-state index contributed by atoms with van der Waals surface area (Å²) in [7, 11) is 0. The van der Waals surface area contributed by atoms with Gasteiger partial charge in [-0.05, 0) is 30.2 Å². The monoisotopic (exact) mass is 310 g/mol. The first-order valence-electron chi connectivity index (χ1n) is 7.73. The quantitative estimate of drug-likeness (QED) is 0.878. The molecule has 0 heterocycles. The maximum Gasteiger partial charge on any atom is 0.228 e. The Bertz CT molecular complexity index is 416. The zero-order valence-electron chi connectivity index (χ0n) is 12.8. The van der Waals surface area contributed by atoms with Crippen LogP contribution in [0.3, 0.4) is 0 Å². The first-order valence-corrected chi connectivity index (χ1v) is 7.73. The van der Waals surface area contributed by atoms with Crippen molar-refractivity contribution in [2.45, 2.75) is 38.5 Å². The van der Waals surface area contributed by atoms with Crippen molar-refractivity contribution >= 4 is 18.3 Å². The molecule has 1 aliphatic rings. The topological polar surface area (TPSA) is 55.1 Å². The normalized spacial score (nSPS) is 23.0. The van der Waals surface area contributed by atoms with Crippen LogP contribution in [0, 0.1) is 11.8 Å². The summed E-state index contributed by atoms with van der Waals surface area (Å²) in [6.07, 6.45) is 5.05. The molecule has 2 rings (SSSR count). The van der Waals surface area contributed by atoms with Crippen LogP contribution in [0.5, 0.6) is 0 Å².